The van der Waals surface area contributed by atoms with E-state index in [-0.39, 0.29) is 23.4 Å². The first-order chi connectivity index (χ1) is 15.6. The van der Waals surface area contributed by atoms with Gasteiger partial charge in [0.2, 0.25) is 5.91 Å². The maximum atomic E-state index is 13.6. The average Bonchev–Trinajstić information content (AvgIpc) is 2.77. The number of benzene rings is 3. The van der Waals surface area contributed by atoms with E-state index in [0.717, 1.165) is 27.8 Å². The van der Waals surface area contributed by atoms with Crippen molar-refractivity contribution in [1.29, 1.82) is 0 Å². The number of anilines is 1. The molecule has 0 aliphatic heterocycles. The van der Waals surface area contributed by atoms with Gasteiger partial charge < -0.3 is 5.32 Å². The summed E-state index contributed by atoms with van der Waals surface area (Å²) in [5.74, 6) is -0.346. The number of sulfonamides is 1. The Morgan fingerprint density at radius 1 is 0.879 bits per heavy atom. The topological polar surface area (TPSA) is 66.5 Å². The molecule has 1 N–H and O–H groups in total. The average molecular weight is 465 g/mol. The molecule has 5 nitrogen and oxygen atoms in total. The molecule has 0 aliphatic rings. The Kier molecular flexibility index (Phi) is 7.59. The Morgan fingerprint density at radius 3 is 2.06 bits per heavy atom. The largest absolute Gasteiger partial charge is 0.348 e. The molecule has 174 valence electrons. The van der Waals surface area contributed by atoms with Crippen molar-refractivity contribution in [2.45, 2.75) is 52.0 Å². The molecule has 1 atom stereocenters. The number of carbonyl (C=O) groups is 1. The quantitative estimate of drug-likeness (QED) is 0.486. The second kappa shape index (κ2) is 10.2. The summed E-state index contributed by atoms with van der Waals surface area (Å²) in [4.78, 5) is 13.3. The van der Waals surface area contributed by atoms with Crippen molar-refractivity contribution in [2.24, 2.45) is 0 Å². The van der Waals surface area contributed by atoms with Crippen LogP contribution in [-0.4, -0.2) is 20.9 Å². The van der Waals surface area contributed by atoms with Gasteiger partial charge in [-0.05, 0) is 69.0 Å². The highest BCUT2D eigenvalue weighted by Gasteiger charge is 2.29. The first-order valence-corrected chi connectivity index (χ1v) is 12.6. The number of amides is 1. The summed E-state index contributed by atoms with van der Waals surface area (Å²) in [6.45, 7) is 9.58. The SMILES string of the molecule is CCC(NC(=O)CN(c1ccc(C)cc1C)S(=O)(=O)c1ccccc1)c1ccc(C)cc1C. The van der Waals surface area contributed by atoms with Gasteiger partial charge in [-0.3, -0.25) is 9.10 Å². The molecule has 0 aliphatic carbocycles. The maximum Gasteiger partial charge on any atom is 0.264 e. The third kappa shape index (κ3) is 5.63. The van der Waals surface area contributed by atoms with Crippen molar-refractivity contribution in [1.82, 2.24) is 5.32 Å². The van der Waals surface area contributed by atoms with Gasteiger partial charge >= 0.3 is 0 Å². The standard InChI is InChI=1S/C27H32N2O3S/c1-6-25(24-14-12-19(2)16-21(24)4)28-27(30)18-29(26-15-13-20(3)17-22(26)5)33(31,32)23-10-8-7-9-11-23/h7-17,25H,6,18H2,1-5H3,(H,28,30). The molecular formula is C27H32N2O3S. The molecule has 0 fully saturated rings. The van der Waals surface area contributed by atoms with Gasteiger partial charge in [-0.25, -0.2) is 8.42 Å². The minimum atomic E-state index is -3.93. The molecule has 3 aromatic rings. The monoisotopic (exact) mass is 464 g/mol. The molecule has 3 aromatic carbocycles. The Balaban J connectivity index is 1.95. The van der Waals surface area contributed by atoms with Gasteiger partial charge in [-0.15, -0.1) is 0 Å². The zero-order chi connectivity index (χ0) is 24.2. The Bertz CT molecular complexity index is 1240. The molecule has 0 aromatic heterocycles. The number of hydrogen-bond acceptors (Lipinski definition) is 3. The van der Waals surface area contributed by atoms with E-state index in [9.17, 15) is 13.2 Å². The van der Waals surface area contributed by atoms with Crippen LogP contribution >= 0.6 is 0 Å². The summed E-state index contributed by atoms with van der Waals surface area (Å²) in [7, 11) is -3.93. The molecule has 1 unspecified atom stereocenters. The lowest BCUT2D eigenvalue weighted by molar-refractivity contribution is -0.120. The molecule has 0 saturated heterocycles. The predicted molar refractivity (Wildman–Crippen MR) is 134 cm³/mol. The van der Waals surface area contributed by atoms with Gasteiger partial charge in [0.05, 0.1) is 16.6 Å². The predicted octanol–water partition coefficient (Wildman–Crippen LogP) is 5.38. The molecule has 0 heterocycles. The highest BCUT2D eigenvalue weighted by molar-refractivity contribution is 7.92. The van der Waals surface area contributed by atoms with Gasteiger partial charge in [-0.1, -0.05) is 66.6 Å². The number of carbonyl (C=O) groups excluding carboxylic acids is 1. The molecule has 1 amide bonds. The van der Waals surface area contributed by atoms with Crippen LogP contribution in [0.15, 0.2) is 71.6 Å². The van der Waals surface area contributed by atoms with Crippen molar-refractivity contribution >= 4 is 21.6 Å². The Hall–Kier alpha value is -3.12. The molecule has 3 rings (SSSR count). The molecule has 33 heavy (non-hydrogen) atoms. The van der Waals surface area contributed by atoms with Gasteiger partial charge in [0.1, 0.15) is 6.54 Å². The van der Waals surface area contributed by atoms with Crippen LogP contribution in [0.25, 0.3) is 0 Å². The fourth-order valence-corrected chi connectivity index (χ4v) is 5.60. The summed E-state index contributed by atoms with van der Waals surface area (Å²) >= 11 is 0. The molecule has 0 saturated carbocycles. The van der Waals surface area contributed by atoms with E-state index in [1.807, 2.05) is 58.9 Å². The van der Waals surface area contributed by atoms with Crippen LogP contribution in [0, 0.1) is 27.7 Å². The maximum absolute atomic E-state index is 13.6. The van der Waals surface area contributed by atoms with Crippen LogP contribution in [0.3, 0.4) is 0 Å². The molecule has 0 bridgehead atoms. The highest BCUT2D eigenvalue weighted by atomic mass is 32.2. The van der Waals surface area contributed by atoms with Crippen LogP contribution in [0.1, 0.15) is 47.2 Å². The van der Waals surface area contributed by atoms with E-state index < -0.39 is 10.0 Å². The van der Waals surface area contributed by atoms with Gasteiger partial charge in [-0.2, -0.15) is 0 Å². The summed E-state index contributed by atoms with van der Waals surface area (Å²) in [6, 6.07) is 19.7. The molecular weight excluding hydrogens is 432 g/mol. The normalized spacial score (nSPS) is 12.3. The number of nitrogens with zero attached hydrogens (tertiary/aromatic N) is 1. The first-order valence-electron chi connectivity index (χ1n) is 11.1. The van der Waals surface area contributed by atoms with Crippen LogP contribution in [0.4, 0.5) is 5.69 Å². The number of rotatable bonds is 8. The first kappa shape index (κ1) is 24.5. The third-order valence-corrected chi connectivity index (χ3v) is 7.56. The van der Waals surface area contributed by atoms with E-state index >= 15 is 0 Å². The highest BCUT2D eigenvalue weighted by Crippen LogP contribution is 2.28. The van der Waals surface area contributed by atoms with E-state index in [1.54, 1.807) is 36.4 Å². The molecule has 6 heteroatoms. The smallest absolute Gasteiger partial charge is 0.264 e. The Labute approximate surface area is 197 Å². The fraction of sp³-hybridized carbons (Fsp3) is 0.296. The molecule has 0 radical (unpaired) electrons. The lowest BCUT2D eigenvalue weighted by Crippen LogP contribution is -2.42. The van der Waals surface area contributed by atoms with E-state index in [2.05, 4.69) is 11.4 Å². The van der Waals surface area contributed by atoms with E-state index in [4.69, 9.17) is 0 Å². The number of hydrogen-bond donors (Lipinski definition) is 1. The number of aryl methyl sites for hydroxylation is 4. The lowest BCUT2D eigenvalue weighted by atomic mass is 9.97. The lowest BCUT2D eigenvalue weighted by Gasteiger charge is -2.27. The van der Waals surface area contributed by atoms with Crippen molar-refractivity contribution in [3.63, 3.8) is 0 Å². The number of nitrogens with one attached hydrogen (secondary N) is 1. The third-order valence-electron chi connectivity index (χ3n) is 5.78. The van der Waals surface area contributed by atoms with E-state index in [0.29, 0.717) is 12.1 Å². The van der Waals surface area contributed by atoms with Gasteiger partial charge in [0.25, 0.3) is 10.0 Å². The summed E-state index contributed by atoms with van der Waals surface area (Å²) in [6.07, 6.45) is 0.699. The Morgan fingerprint density at radius 2 is 1.48 bits per heavy atom. The van der Waals surface area contributed by atoms with Crippen molar-refractivity contribution in [2.75, 3.05) is 10.8 Å². The van der Waals surface area contributed by atoms with Crippen molar-refractivity contribution < 1.29 is 13.2 Å². The van der Waals surface area contributed by atoms with Crippen LogP contribution in [-0.2, 0) is 14.8 Å². The molecule has 0 spiro atoms. The van der Waals surface area contributed by atoms with Crippen LogP contribution in [0.2, 0.25) is 0 Å². The van der Waals surface area contributed by atoms with Gasteiger partial charge in [0.15, 0.2) is 0 Å². The second-order valence-electron chi connectivity index (χ2n) is 8.50. The van der Waals surface area contributed by atoms with Gasteiger partial charge in [0, 0.05) is 0 Å². The summed E-state index contributed by atoms with van der Waals surface area (Å²) in [5.41, 5.74) is 5.62. The minimum Gasteiger partial charge on any atom is -0.348 e. The zero-order valence-corrected chi connectivity index (χ0v) is 20.7. The van der Waals surface area contributed by atoms with Crippen LogP contribution in [0.5, 0.6) is 0 Å². The summed E-state index contributed by atoms with van der Waals surface area (Å²) in [5, 5.41) is 3.05. The fourth-order valence-electron chi connectivity index (χ4n) is 4.09. The summed E-state index contributed by atoms with van der Waals surface area (Å²) < 4.78 is 28.3. The van der Waals surface area contributed by atoms with E-state index in [1.165, 1.54) is 4.31 Å². The van der Waals surface area contributed by atoms with Crippen LogP contribution < -0.4 is 9.62 Å². The zero-order valence-electron chi connectivity index (χ0n) is 19.9. The second-order valence-corrected chi connectivity index (χ2v) is 10.4. The van der Waals surface area contributed by atoms with Crippen molar-refractivity contribution in [3.05, 3.63) is 94.5 Å². The minimum absolute atomic E-state index is 0.152. The van der Waals surface area contributed by atoms with Crippen molar-refractivity contribution in [3.8, 4) is 0 Å².